The molecule has 1 aliphatic heterocycles. The number of hydrogen-bond acceptors (Lipinski definition) is 10. The fraction of sp³-hybridized carbons (Fsp3) is 0.296. The summed E-state index contributed by atoms with van der Waals surface area (Å²) in [6.45, 7) is -0.925. The molecule has 0 bridgehead atoms. The van der Waals surface area contributed by atoms with E-state index in [4.69, 9.17) is 9.47 Å². The van der Waals surface area contributed by atoms with E-state index in [0.29, 0.717) is 16.7 Å². The zero-order chi connectivity index (χ0) is 34.7. The molecule has 20 heteroatoms. The molecule has 3 aromatic carbocycles. The first-order chi connectivity index (χ1) is 21.9. The highest BCUT2D eigenvalue weighted by Crippen LogP contribution is 2.42. The molecule has 0 N–H and O–H groups in total. The quantitative estimate of drug-likeness (QED) is 0.0364. The van der Waals surface area contributed by atoms with Crippen molar-refractivity contribution >= 4 is 26.2 Å². The van der Waals surface area contributed by atoms with Crippen molar-refractivity contribution in [2.45, 2.75) is 41.0 Å². The Balaban J connectivity index is 1.83. The minimum Gasteiger partial charge on any atom is -0.457 e. The van der Waals surface area contributed by atoms with Crippen LogP contribution in [0.1, 0.15) is 16.7 Å². The van der Waals surface area contributed by atoms with Crippen LogP contribution in [0.3, 0.4) is 0 Å². The Morgan fingerprint density at radius 3 is 1.53 bits per heavy atom. The van der Waals surface area contributed by atoms with Crippen LogP contribution in [0, 0.1) is 0 Å². The molecule has 0 aliphatic carbocycles. The van der Waals surface area contributed by atoms with Crippen LogP contribution in [0.5, 0.6) is 0 Å². The SMILES string of the molecule is [N-]=[N+]=N[C@@H](COC(c1ccccc1)(c1ccccc1)c1ccccc1)[C@@H]1OC(=O)[C@H](OS(=O)(=O)C(F)(F)F)[C@H]1OS(=O)(=O)C(F)(F)F. The number of rotatable bonds is 12. The Hall–Kier alpha value is -4.20. The van der Waals surface area contributed by atoms with Gasteiger partial charge in [0.05, 0.1) is 6.61 Å². The van der Waals surface area contributed by atoms with E-state index in [2.05, 4.69) is 18.4 Å². The number of alkyl halides is 6. The minimum atomic E-state index is -6.75. The number of cyclic esters (lactones) is 1. The molecular formula is C27H21F6N3O9S2. The molecule has 0 spiro atoms. The summed E-state index contributed by atoms with van der Waals surface area (Å²) in [5, 5.41) is 3.34. The number of nitrogens with zero attached hydrogens (tertiary/aromatic N) is 3. The highest BCUT2D eigenvalue weighted by molar-refractivity contribution is 7.88. The lowest BCUT2D eigenvalue weighted by molar-refractivity contribution is -0.148. The first-order valence-electron chi connectivity index (χ1n) is 13.0. The summed E-state index contributed by atoms with van der Waals surface area (Å²) in [5.41, 5.74) is -3.37. The van der Waals surface area contributed by atoms with Crippen molar-refractivity contribution in [3.8, 4) is 0 Å². The molecular weight excluding hydrogens is 688 g/mol. The number of azide groups is 1. The van der Waals surface area contributed by atoms with E-state index in [9.17, 15) is 53.5 Å². The van der Waals surface area contributed by atoms with Gasteiger partial charge in [0, 0.05) is 4.91 Å². The molecule has 0 unspecified atom stereocenters. The Morgan fingerprint density at radius 1 is 0.745 bits per heavy atom. The van der Waals surface area contributed by atoms with E-state index in [1.807, 2.05) is 0 Å². The van der Waals surface area contributed by atoms with Gasteiger partial charge in [-0.25, -0.2) is 8.98 Å². The van der Waals surface area contributed by atoms with Crippen molar-refractivity contribution in [1.29, 1.82) is 0 Å². The highest BCUT2D eigenvalue weighted by Gasteiger charge is 2.60. The second-order valence-electron chi connectivity index (χ2n) is 9.64. The van der Waals surface area contributed by atoms with E-state index < -0.39 is 73.8 Å². The molecule has 0 radical (unpaired) electrons. The highest BCUT2D eigenvalue weighted by atomic mass is 32.2. The third kappa shape index (κ3) is 7.37. The van der Waals surface area contributed by atoms with Crippen molar-refractivity contribution in [3.05, 3.63) is 118 Å². The summed E-state index contributed by atoms with van der Waals surface area (Å²) in [6, 6.07) is 22.8. The van der Waals surface area contributed by atoms with Crippen molar-refractivity contribution in [1.82, 2.24) is 0 Å². The number of carbonyl (C=O) groups excluding carboxylic acids is 1. The van der Waals surface area contributed by atoms with Gasteiger partial charge in [-0.3, -0.25) is 4.18 Å². The molecule has 4 atom stereocenters. The fourth-order valence-corrected chi connectivity index (χ4v) is 5.88. The molecule has 47 heavy (non-hydrogen) atoms. The molecule has 3 aromatic rings. The van der Waals surface area contributed by atoms with Crippen LogP contribution in [0.15, 0.2) is 96.1 Å². The van der Waals surface area contributed by atoms with Gasteiger partial charge in [0.2, 0.25) is 6.10 Å². The Labute approximate surface area is 262 Å². The molecule has 252 valence electrons. The molecule has 0 aromatic heterocycles. The smallest absolute Gasteiger partial charge is 0.457 e. The summed E-state index contributed by atoms with van der Waals surface area (Å²) in [4.78, 5) is 15.1. The largest absolute Gasteiger partial charge is 0.523 e. The molecule has 1 heterocycles. The number of esters is 1. The van der Waals surface area contributed by atoms with E-state index in [1.54, 1.807) is 91.0 Å². The predicted molar refractivity (Wildman–Crippen MR) is 148 cm³/mol. The van der Waals surface area contributed by atoms with Crippen molar-refractivity contribution in [3.63, 3.8) is 0 Å². The van der Waals surface area contributed by atoms with Gasteiger partial charge in [-0.2, -0.15) is 43.2 Å². The number of hydrogen-bond donors (Lipinski definition) is 0. The van der Waals surface area contributed by atoms with E-state index >= 15 is 0 Å². The summed E-state index contributed by atoms with van der Waals surface area (Å²) >= 11 is 0. The minimum absolute atomic E-state index is 0.449. The normalized spacial score (nSPS) is 19.9. The van der Waals surface area contributed by atoms with E-state index in [-0.39, 0.29) is 0 Å². The summed E-state index contributed by atoms with van der Waals surface area (Å²) < 4.78 is 145. The van der Waals surface area contributed by atoms with Gasteiger partial charge < -0.3 is 9.47 Å². The maximum absolute atomic E-state index is 13.3. The predicted octanol–water partition coefficient (Wildman–Crippen LogP) is 5.07. The number of carbonyl (C=O) groups is 1. The van der Waals surface area contributed by atoms with Crippen LogP contribution in [0.4, 0.5) is 26.3 Å². The maximum Gasteiger partial charge on any atom is 0.523 e. The van der Waals surface area contributed by atoms with Crippen molar-refractivity contribution in [2.24, 2.45) is 5.11 Å². The molecule has 0 saturated carbocycles. The van der Waals surface area contributed by atoms with Crippen LogP contribution >= 0.6 is 0 Å². The van der Waals surface area contributed by atoms with Gasteiger partial charge in [-0.1, -0.05) is 96.1 Å². The molecule has 1 saturated heterocycles. The lowest BCUT2D eigenvalue weighted by Gasteiger charge is -2.37. The lowest BCUT2D eigenvalue weighted by Crippen LogP contribution is -2.48. The number of benzene rings is 3. The van der Waals surface area contributed by atoms with Gasteiger partial charge in [-0.05, 0) is 22.2 Å². The summed E-state index contributed by atoms with van der Waals surface area (Å²) in [7, 11) is -13.5. The standard InChI is InChI=1S/C27H21F6N3O9S2/c28-26(29,30)46(38,39)44-22-21(43-24(37)23(22)45-47(40,41)27(31,32)33)20(35-36-34)16-42-25(17-10-4-1-5-11-17,18-12-6-2-7-13-18)19-14-8-3-9-15-19/h1-15,20-23H,16H2/t20-,21-,22-,23+/m0/s1. The Kier molecular flexibility index (Phi) is 10.2. The summed E-state index contributed by atoms with van der Waals surface area (Å²) in [6.07, 6.45) is -8.78. The van der Waals surface area contributed by atoms with Gasteiger partial charge in [0.15, 0.2) is 6.10 Å². The summed E-state index contributed by atoms with van der Waals surface area (Å²) in [5.74, 6) is -2.07. The molecule has 1 aliphatic rings. The van der Waals surface area contributed by atoms with Crippen molar-refractivity contribution in [2.75, 3.05) is 6.61 Å². The van der Waals surface area contributed by atoms with Crippen molar-refractivity contribution < 1.29 is 65.8 Å². The monoisotopic (exact) mass is 709 g/mol. The molecule has 12 nitrogen and oxygen atoms in total. The third-order valence-corrected chi connectivity index (χ3v) is 8.80. The fourth-order valence-electron chi connectivity index (χ4n) is 4.70. The van der Waals surface area contributed by atoms with Gasteiger partial charge in [0.25, 0.3) is 0 Å². The lowest BCUT2D eigenvalue weighted by atomic mass is 9.80. The van der Waals surface area contributed by atoms with E-state index in [1.165, 1.54) is 0 Å². The molecule has 0 amide bonds. The second-order valence-corrected chi connectivity index (χ2v) is 12.8. The zero-order valence-corrected chi connectivity index (χ0v) is 24.9. The van der Waals surface area contributed by atoms with Crippen LogP contribution in [-0.2, 0) is 48.5 Å². The van der Waals surface area contributed by atoms with Gasteiger partial charge in [-0.15, -0.1) is 0 Å². The third-order valence-electron chi connectivity index (χ3n) is 6.73. The van der Waals surface area contributed by atoms with Gasteiger partial charge in [0.1, 0.15) is 17.7 Å². The number of ether oxygens (including phenoxy) is 2. The number of halogens is 6. The zero-order valence-electron chi connectivity index (χ0n) is 23.3. The average molecular weight is 710 g/mol. The average Bonchev–Trinajstić information content (AvgIpc) is 3.30. The molecule has 1 fully saturated rings. The van der Waals surface area contributed by atoms with Crippen LogP contribution in [-0.4, -0.2) is 64.8 Å². The topological polar surface area (TPSA) is 171 Å². The Morgan fingerprint density at radius 2 is 1.15 bits per heavy atom. The Bertz CT molecular complexity index is 1730. The molecule has 4 rings (SSSR count). The van der Waals surface area contributed by atoms with Crippen LogP contribution in [0.25, 0.3) is 10.4 Å². The first-order valence-corrected chi connectivity index (χ1v) is 15.8. The maximum atomic E-state index is 13.3. The van der Waals surface area contributed by atoms with Crippen LogP contribution in [0.2, 0.25) is 0 Å². The first kappa shape index (κ1) is 35.7. The van der Waals surface area contributed by atoms with Gasteiger partial charge >= 0.3 is 37.2 Å². The van der Waals surface area contributed by atoms with Crippen LogP contribution < -0.4 is 0 Å². The second kappa shape index (κ2) is 13.5. The van der Waals surface area contributed by atoms with E-state index in [0.717, 1.165) is 0 Å².